The van der Waals surface area contributed by atoms with Gasteiger partial charge in [0.2, 0.25) is 5.89 Å². The molecule has 124 valence electrons. The van der Waals surface area contributed by atoms with Crippen LogP contribution >= 0.6 is 0 Å². The van der Waals surface area contributed by atoms with Crippen LogP contribution in [0.15, 0.2) is 71.8 Å². The van der Waals surface area contributed by atoms with Crippen molar-refractivity contribution in [1.82, 2.24) is 24.7 Å². The van der Waals surface area contributed by atoms with Gasteiger partial charge in [-0.25, -0.2) is 4.98 Å². The zero-order valence-electron chi connectivity index (χ0n) is 13.6. The Labute approximate surface area is 145 Å². The number of hydrogen-bond donors (Lipinski definition) is 0. The molecule has 0 bridgehead atoms. The molecule has 3 aromatic heterocycles. The molecule has 3 heterocycles. The fraction of sp³-hybridized carbons (Fsp3) is 0.158. The first kappa shape index (κ1) is 15.3. The van der Waals surface area contributed by atoms with Crippen LogP contribution in [0.3, 0.4) is 0 Å². The van der Waals surface area contributed by atoms with Gasteiger partial charge in [0.15, 0.2) is 5.82 Å². The lowest BCUT2D eigenvalue weighted by Gasteiger charge is -2.04. The van der Waals surface area contributed by atoms with Gasteiger partial charge in [-0.05, 0) is 24.1 Å². The van der Waals surface area contributed by atoms with Crippen LogP contribution < -0.4 is 0 Å². The second-order valence-electron chi connectivity index (χ2n) is 5.71. The van der Waals surface area contributed by atoms with E-state index >= 15 is 0 Å². The average molecular weight is 331 g/mol. The first-order valence-corrected chi connectivity index (χ1v) is 8.15. The summed E-state index contributed by atoms with van der Waals surface area (Å²) in [5.41, 5.74) is 2.22. The highest BCUT2D eigenvalue weighted by atomic mass is 16.5. The van der Waals surface area contributed by atoms with Gasteiger partial charge in [0, 0.05) is 36.8 Å². The van der Waals surface area contributed by atoms with Crippen molar-refractivity contribution in [2.24, 2.45) is 0 Å². The summed E-state index contributed by atoms with van der Waals surface area (Å²) in [6.45, 7) is 0.489. The van der Waals surface area contributed by atoms with E-state index in [1.807, 2.05) is 41.1 Å². The van der Waals surface area contributed by atoms with E-state index in [0.717, 1.165) is 30.1 Å². The molecule has 0 saturated heterocycles. The highest BCUT2D eigenvalue weighted by Gasteiger charge is 2.11. The van der Waals surface area contributed by atoms with Crippen molar-refractivity contribution in [3.05, 3.63) is 84.5 Å². The third kappa shape index (κ3) is 3.63. The van der Waals surface area contributed by atoms with Gasteiger partial charge in [0.1, 0.15) is 12.4 Å². The zero-order valence-corrected chi connectivity index (χ0v) is 13.6. The average Bonchev–Trinajstić information content (AvgIpc) is 3.31. The van der Waals surface area contributed by atoms with Gasteiger partial charge >= 0.3 is 0 Å². The predicted octanol–water partition coefficient (Wildman–Crippen LogP) is 3.16. The van der Waals surface area contributed by atoms with Crippen LogP contribution in [-0.4, -0.2) is 24.7 Å². The summed E-state index contributed by atoms with van der Waals surface area (Å²) in [7, 11) is 0. The summed E-state index contributed by atoms with van der Waals surface area (Å²) in [4.78, 5) is 13.0. The van der Waals surface area contributed by atoms with Crippen LogP contribution in [0.4, 0.5) is 0 Å². The van der Waals surface area contributed by atoms with Crippen molar-refractivity contribution in [2.45, 2.75) is 19.4 Å². The smallest absolute Gasteiger partial charge is 0.246 e. The normalized spacial score (nSPS) is 10.9. The molecule has 0 aliphatic carbocycles. The molecule has 0 aliphatic rings. The number of nitrogens with zero attached hydrogens (tertiary/aromatic N) is 5. The Morgan fingerprint density at radius 2 is 1.88 bits per heavy atom. The minimum Gasteiger partial charge on any atom is -0.337 e. The Morgan fingerprint density at radius 3 is 2.72 bits per heavy atom. The van der Waals surface area contributed by atoms with E-state index in [4.69, 9.17) is 4.52 Å². The van der Waals surface area contributed by atoms with E-state index in [0.29, 0.717) is 12.4 Å². The first-order chi connectivity index (χ1) is 12.4. The summed E-state index contributed by atoms with van der Waals surface area (Å²) < 4.78 is 7.37. The molecule has 1 aromatic carbocycles. The lowest BCUT2D eigenvalue weighted by molar-refractivity contribution is 0.366. The van der Waals surface area contributed by atoms with Crippen LogP contribution in [0.5, 0.6) is 0 Å². The SMILES string of the molecule is c1ccc(CCc2noc(Cn3ccnc3-c3cccnc3)n2)cc1. The maximum absolute atomic E-state index is 5.39. The molecule has 25 heavy (non-hydrogen) atoms. The highest BCUT2D eigenvalue weighted by molar-refractivity contribution is 5.53. The number of rotatable bonds is 6. The van der Waals surface area contributed by atoms with Crippen LogP contribution in [0.1, 0.15) is 17.3 Å². The third-order valence-electron chi connectivity index (χ3n) is 3.93. The van der Waals surface area contributed by atoms with Gasteiger partial charge in [0.25, 0.3) is 0 Å². The first-order valence-electron chi connectivity index (χ1n) is 8.15. The van der Waals surface area contributed by atoms with E-state index in [2.05, 4.69) is 32.2 Å². The Kier molecular flexibility index (Phi) is 4.33. The van der Waals surface area contributed by atoms with E-state index in [9.17, 15) is 0 Å². The van der Waals surface area contributed by atoms with Gasteiger partial charge in [-0.2, -0.15) is 4.98 Å². The van der Waals surface area contributed by atoms with Crippen LogP contribution in [-0.2, 0) is 19.4 Å². The summed E-state index contributed by atoms with van der Waals surface area (Å²) in [5.74, 6) is 2.13. The lowest BCUT2D eigenvalue weighted by atomic mass is 10.1. The molecule has 0 saturated carbocycles. The Morgan fingerprint density at radius 1 is 0.960 bits per heavy atom. The predicted molar refractivity (Wildman–Crippen MR) is 92.7 cm³/mol. The summed E-state index contributed by atoms with van der Waals surface area (Å²) in [6.07, 6.45) is 8.84. The Hall–Kier alpha value is -3.28. The molecule has 0 fully saturated rings. The van der Waals surface area contributed by atoms with E-state index < -0.39 is 0 Å². The molecule has 4 aromatic rings. The maximum Gasteiger partial charge on any atom is 0.246 e. The van der Waals surface area contributed by atoms with E-state index in [1.54, 1.807) is 18.6 Å². The highest BCUT2D eigenvalue weighted by Crippen LogP contribution is 2.17. The largest absolute Gasteiger partial charge is 0.337 e. The molecule has 0 N–H and O–H groups in total. The molecular formula is C19H17N5O. The van der Waals surface area contributed by atoms with Gasteiger partial charge in [-0.15, -0.1) is 0 Å². The van der Waals surface area contributed by atoms with Crippen LogP contribution in [0.2, 0.25) is 0 Å². The maximum atomic E-state index is 5.39. The minimum absolute atomic E-state index is 0.489. The molecule has 0 atom stereocenters. The molecule has 0 radical (unpaired) electrons. The molecular weight excluding hydrogens is 314 g/mol. The van der Waals surface area contributed by atoms with Crippen molar-refractivity contribution in [2.75, 3.05) is 0 Å². The Bertz CT molecular complexity index is 931. The Balaban J connectivity index is 1.45. The van der Waals surface area contributed by atoms with Gasteiger partial charge in [-0.3, -0.25) is 4.98 Å². The number of imidazole rings is 1. The lowest BCUT2D eigenvalue weighted by Crippen LogP contribution is -2.02. The van der Waals surface area contributed by atoms with Crippen LogP contribution in [0, 0.1) is 0 Å². The van der Waals surface area contributed by atoms with Crippen molar-refractivity contribution >= 4 is 0 Å². The summed E-state index contributed by atoms with van der Waals surface area (Å²) in [6, 6.07) is 14.2. The standard InChI is InChI=1S/C19H17N5O/c1-2-5-15(6-3-1)8-9-17-22-18(25-23-17)14-24-12-11-21-19(24)16-7-4-10-20-13-16/h1-7,10-13H,8-9,14H2. The number of aromatic nitrogens is 5. The second-order valence-corrected chi connectivity index (χ2v) is 5.71. The minimum atomic E-state index is 0.489. The molecule has 4 rings (SSSR count). The van der Waals surface area contributed by atoms with Gasteiger partial charge in [-0.1, -0.05) is 35.5 Å². The molecule has 0 aliphatic heterocycles. The topological polar surface area (TPSA) is 69.6 Å². The summed E-state index contributed by atoms with van der Waals surface area (Å²) in [5, 5.41) is 4.08. The van der Waals surface area contributed by atoms with Gasteiger partial charge < -0.3 is 9.09 Å². The van der Waals surface area contributed by atoms with Gasteiger partial charge in [0.05, 0.1) is 0 Å². The van der Waals surface area contributed by atoms with Crippen molar-refractivity contribution in [3.63, 3.8) is 0 Å². The fourth-order valence-electron chi connectivity index (χ4n) is 2.69. The zero-order chi connectivity index (χ0) is 16.9. The fourth-order valence-corrected chi connectivity index (χ4v) is 2.69. The van der Waals surface area contributed by atoms with Crippen molar-refractivity contribution in [1.29, 1.82) is 0 Å². The van der Waals surface area contributed by atoms with Crippen molar-refractivity contribution in [3.8, 4) is 11.4 Å². The number of hydrogen-bond acceptors (Lipinski definition) is 5. The quantitative estimate of drug-likeness (QED) is 0.543. The van der Waals surface area contributed by atoms with E-state index in [1.165, 1.54) is 5.56 Å². The monoisotopic (exact) mass is 331 g/mol. The third-order valence-corrected chi connectivity index (χ3v) is 3.93. The van der Waals surface area contributed by atoms with Crippen molar-refractivity contribution < 1.29 is 4.52 Å². The van der Waals surface area contributed by atoms with E-state index in [-0.39, 0.29) is 0 Å². The molecule has 0 spiro atoms. The molecule has 0 amide bonds. The number of pyridine rings is 1. The second kappa shape index (κ2) is 7.09. The summed E-state index contributed by atoms with van der Waals surface area (Å²) >= 11 is 0. The molecule has 6 nitrogen and oxygen atoms in total. The molecule has 6 heteroatoms. The van der Waals surface area contributed by atoms with Crippen LogP contribution in [0.25, 0.3) is 11.4 Å². The number of benzene rings is 1. The number of aryl methyl sites for hydroxylation is 2. The molecule has 0 unspecified atom stereocenters.